The van der Waals surface area contributed by atoms with Crippen molar-refractivity contribution in [2.24, 2.45) is 0 Å². The lowest BCUT2D eigenvalue weighted by atomic mass is 9.84. The molecule has 2 rings (SSSR count). The van der Waals surface area contributed by atoms with Crippen LogP contribution in [0.3, 0.4) is 0 Å². The van der Waals surface area contributed by atoms with E-state index in [2.05, 4.69) is 0 Å². The summed E-state index contributed by atoms with van der Waals surface area (Å²) in [4.78, 5) is 0. The number of hydrogen-bond acceptors (Lipinski definition) is 1. The largest absolute Gasteiger partial charge is 0.399 e. The van der Waals surface area contributed by atoms with Gasteiger partial charge in [0, 0.05) is 17.7 Å². The number of nitrogens with two attached hydrogens (primary N) is 1. The number of rotatable bonds is 0. The lowest BCUT2D eigenvalue weighted by Gasteiger charge is -2.29. The minimum Gasteiger partial charge on any atom is -0.399 e. The molecular weight excluding hydrogens is 148 g/mol. The molecule has 0 unspecified atom stereocenters. The molecule has 0 aliphatic heterocycles. The van der Waals surface area contributed by atoms with Gasteiger partial charge in [0.05, 0.1) is 0 Å². The molecule has 1 nitrogen and oxygen atoms in total. The van der Waals surface area contributed by atoms with Crippen LogP contribution in [-0.4, -0.2) is 0 Å². The number of alkyl halides is 2. The normalized spacial score (nSPS) is 18.7. The molecule has 3 heteroatoms. The molecule has 0 aromatic heterocycles. The quantitative estimate of drug-likeness (QED) is 0.569. The van der Waals surface area contributed by atoms with Crippen LogP contribution < -0.4 is 5.73 Å². The molecule has 1 aliphatic rings. The van der Waals surface area contributed by atoms with E-state index < -0.39 is 5.92 Å². The third-order valence-electron chi connectivity index (χ3n) is 1.94. The smallest absolute Gasteiger partial charge is 0.277 e. The van der Waals surface area contributed by atoms with Gasteiger partial charge in [0.1, 0.15) is 0 Å². The summed E-state index contributed by atoms with van der Waals surface area (Å²) in [5.74, 6) is -2.61. The Bertz CT molecular complexity index is 307. The number of anilines is 1. The Morgan fingerprint density at radius 3 is 2.64 bits per heavy atom. The topological polar surface area (TPSA) is 26.0 Å². The van der Waals surface area contributed by atoms with E-state index in [4.69, 9.17) is 5.73 Å². The van der Waals surface area contributed by atoms with E-state index in [0.717, 1.165) is 0 Å². The third kappa shape index (κ3) is 0.803. The average Bonchev–Trinajstić information content (AvgIpc) is 1.85. The van der Waals surface area contributed by atoms with Gasteiger partial charge >= 0.3 is 0 Å². The van der Waals surface area contributed by atoms with Crippen molar-refractivity contribution in [1.82, 2.24) is 0 Å². The second-order valence-corrected chi connectivity index (χ2v) is 2.80. The van der Waals surface area contributed by atoms with Gasteiger partial charge in [0.2, 0.25) is 0 Å². The highest BCUT2D eigenvalue weighted by Gasteiger charge is 2.43. The molecule has 0 saturated heterocycles. The fourth-order valence-corrected chi connectivity index (χ4v) is 1.34. The summed E-state index contributed by atoms with van der Waals surface area (Å²) in [5.41, 5.74) is 6.77. The molecule has 0 amide bonds. The number of fused-ring (bicyclic) bond motifs is 1. The predicted molar refractivity (Wildman–Crippen MR) is 38.5 cm³/mol. The maximum Gasteiger partial charge on any atom is 0.277 e. The van der Waals surface area contributed by atoms with Crippen molar-refractivity contribution in [2.75, 3.05) is 5.73 Å². The van der Waals surface area contributed by atoms with Gasteiger partial charge in [-0.25, -0.2) is 8.78 Å². The summed E-state index contributed by atoms with van der Waals surface area (Å²) < 4.78 is 25.2. The van der Waals surface area contributed by atoms with Gasteiger partial charge in [-0.15, -0.1) is 0 Å². The van der Waals surface area contributed by atoms with Crippen LogP contribution in [0.1, 0.15) is 11.1 Å². The summed E-state index contributed by atoms with van der Waals surface area (Å²) >= 11 is 0. The molecule has 1 aliphatic carbocycles. The standard InChI is InChI=1S/C8H7F2N/c9-8(10)4-5-3-6(11)1-2-7(5)8/h1-3H,4,11H2. The number of hydrogen-bond donors (Lipinski definition) is 1. The van der Waals surface area contributed by atoms with Crippen LogP contribution in [0.25, 0.3) is 0 Å². The molecule has 2 N–H and O–H groups in total. The molecule has 58 valence electrons. The Kier molecular flexibility index (Phi) is 1.03. The van der Waals surface area contributed by atoms with E-state index in [1.165, 1.54) is 12.1 Å². The first-order valence-electron chi connectivity index (χ1n) is 3.36. The monoisotopic (exact) mass is 155 g/mol. The van der Waals surface area contributed by atoms with Gasteiger partial charge < -0.3 is 5.73 Å². The lowest BCUT2D eigenvalue weighted by molar-refractivity contribution is -0.0287. The van der Waals surface area contributed by atoms with E-state index >= 15 is 0 Å². The molecule has 0 heterocycles. The number of nitrogen functional groups attached to an aromatic ring is 1. The van der Waals surface area contributed by atoms with Crippen molar-refractivity contribution < 1.29 is 8.78 Å². The Labute approximate surface area is 62.8 Å². The first-order valence-corrected chi connectivity index (χ1v) is 3.36. The first kappa shape index (κ1) is 6.58. The zero-order valence-electron chi connectivity index (χ0n) is 5.77. The van der Waals surface area contributed by atoms with E-state index in [9.17, 15) is 8.78 Å². The lowest BCUT2D eigenvalue weighted by Crippen LogP contribution is -2.29. The van der Waals surface area contributed by atoms with Crippen LogP contribution >= 0.6 is 0 Å². The second-order valence-electron chi connectivity index (χ2n) is 2.80. The van der Waals surface area contributed by atoms with Gasteiger partial charge in [0.25, 0.3) is 5.92 Å². The SMILES string of the molecule is Nc1ccc2c(c1)CC2(F)F. The van der Waals surface area contributed by atoms with Crippen LogP contribution in [-0.2, 0) is 12.3 Å². The molecule has 11 heavy (non-hydrogen) atoms. The van der Waals surface area contributed by atoms with Crippen molar-refractivity contribution >= 4 is 5.69 Å². The van der Waals surface area contributed by atoms with E-state index in [1.807, 2.05) is 0 Å². The van der Waals surface area contributed by atoms with Gasteiger partial charge in [0.15, 0.2) is 0 Å². The minimum absolute atomic E-state index is 0.131. The summed E-state index contributed by atoms with van der Waals surface area (Å²) in [5, 5.41) is 0. The maximum atomic E-state index is 12.6. The first-order chi connectivity index (χ1) is 5.09. The van der Waals surface area contributed by atoms with Crippen LogP contribution in [0.4, 0.5) is 14.5 Å². The van der Waals surface area contributed by atoms with E-state index in [-0.39, 0.29) is 12.0 Å². The highest BCUT2D eigenvalue weighted by molar-refractivity contribution is 5.51. The highest BCUT2D eigenvalue weighted by atomic mass is 19.3. The molecule has 0 fully saturated rings. The summed E-state index contributed by atoms with van der Waals surface area (Å²) in [6, 6.07) is 4.51. The van der Waals surface area contributed by atoms with Crippen molar-refractivity contribution in [3.63, 3.8) is 0 Å². The van der Waals surface area contributed by atoms with Crippen molar-refractivity contribution in [3.05, 3.63) is 29.3 Å². The molecule has 1 aromatic carbocycles. The Hall–Kier alpha value is -1.12. The highest BCUT2D eigenvalue weighted by Crippen LogP contribution is 2.44. The Morgan fingerprint density at radius 1 is 1.36 bits per heavy atom. The van der Waals surface area contributed by atoms with Gasteiger partial charge in [-0.1, -0.05) is 6.07 Å². The summed E-state index contributed by atoms with van der Waals surface area (Å²) in [7, 11) is 0. The molecule has 0 atom stereocenters. The van der Waals surface area contributed by atoms with Crippen molar-refractivity contribution in [1.29, 1.82) is 0 Å². The van der Waals surface area contributed by atoms with Crippen LogP contribution in [0.5, 0.6) is 0 Å². The molecule has 0 spiro atoms. The van der Waals surface area contributed by atoms with Crippen LogP contribution in [0.15, 0.2) is 18.2 Å². The fraction of sp³-hybridized carbons (Fsp3) is 0.250. The van der Waals surface area contributed by atoms with Gasteiger partial charge in [-0.3, -0.25) is 0 Å². The number of benzene rings is 1. The molecule has 0 bridgehead atoms. The minimum atomic E-state index is -2.61. The Morgan fingerprint density at radius 2 is 2.09 bits per heavy atom. The summed E-state index contributed by atoms with van der Waals surface area (Å²) in [6.07, 6.45) is -0.159. The van der Waals surface area contributed by atoms with Crippen LogP contribution in [0.2, 0.25) is 0 Å². The number of halogens is 2. The zero-order valence-corrected chi connectivity index (χ0v) is 5.77. The van der Waals surface area contributed by atoms with Crippen LogP contribution in [0, 0.1) is 0 Å². The van der Waals surface area contributed by atoms with Crippen molar-refractivity contribution in [3.8, 4) is 0 Å². The second kappa shape index (κ2) is 1.72. The Balaban J connectivity index is 2.51. The average molecular weight is 155 g/mol. The van der Waals surface area contributed by atoms with Gasteiger partial charge in [-0.2, -0.15) is 0 Å². The molecule has 1 aromatic rings. The molecular formula is C8H7F2N. The van der Waals surface area contributed by atoms with E-state index in [0.29, 0.717) is 11.3 Å². The summed E-state index contributed by atoms with van der Waals surface area (Å²) in [6.45, 7) is 0. The third-order valence-corrected chi connectivity index (χ3v) is 1.94. The molecule has 0 saturated carbocycles. The van der Waals surface area contributed by atoms with Crippen molar-refractivity contribution in [2.45, 2.75) is 12.3 Å². The molecule has 0 radical (unpaired) electrons. The predicted octanol–water partition coefficient (Wildman–Crippen LogP) is 1.92. The zero-order chi connectivity index (χ0) is 8.06. The maximum absolute atomic E-state index is 12.6. The van der Waals surface area contributed by atoms with E-state index in [1.54, 1.807) is 6.07 Å². The fourth-order valence-electron chi connectivity index (χ4n) is 1.34. The van der Waals surface area contributed by atoms with Gasteiger partial charge in [-0.05, 0) is 17.7 Å².